The first kappa shape index (κ1) is 6.74. The standard InChI is InChI=1S/C3H8N4O/c1-8-3(6)7-2(4)5/h1H3,(H5,4,5,6,7). The Kier molecular flexibility index (Phi) is 2.39. The van der Waals surface area contributed by atoms with E-state index in [9.17, 15) is 0 Å². The zero-order chi connectivity index (χ0) is 6.57. The maximum absolute atomic E-state index is 6.70. The van der Waals surface area contributed by atoms with Gasteiger partial charge in [0.1, 0.15) is 0 Å². The van der Waals surface area contributed by atoms with Crippen LogP contribution in [0.3, 0.4) is 0 Å². The smallest absolute Gasteiger partial charge is 0.311 e. The van der Waals surface area contributed by atoms with Crippen LogP contribution in [0.2, 0.25) is 0 Å². The van der Waals surface area contributed by atoms with E-state index in [-0.39, 0.29) is 12.0 Å². The summed E-state index contributed by atoms with van der Waals surface area (Å²) in [5.41, 5.74) is 9.75. The number of hydrogen-bond acceptors (Lipinski definition) is 2. The molecule has 0 atom stereocenters. The highest BCUT2D eigenvalue weighted by atomic mass is 16.5. The molecule has 0 aliphatic rings. The van der Waals surface area contributed by atoms with E-state index in [1.807, 2.05) is 0 Å². The normalized spacial score (nSPS) is 7.62. The first-order valence-corrected chi connectivity index (χ1v) is 1.89. The lowest BCUT2D eigenvalue weighted by Gasteiger charge is -1.92. The molecule has 0 radical (unpaired) electrons. The summed E-state index contributed by atoms with van der Waals surface area (Å²) in [7, 11) is 1.31. The highest BCUT2D eigenvalue weighted by Gasteiger charge is 1.86. The van der Waals surface area contributed by atoms with Gasteiger partial charge in [0, 0.05) is 0 Å². The molecule has 0 saturated heterocycles. The minimum absolute atomic E-state index is 0.170. The van der Waals surface area contributed by atoms with Crippen molar-refractivity contribution in [1.82, 2.24) is 0 Å². The summed E-state index contributed by atoms with van der Waals surface area (Å²) in [4.78, 5) is 3.23. The number of aliphatic imine (C=N–C) groups is 1. The van der Waals surface area contributed by atoms with Crippen LogP contribution >= 0.6 is 0 Å². The molecule has 0 aliphatic heterocycles. The summed E-state index contributed by atoms with van der Waals surface area (Å²) >= 11 is 0. The topological polar surface area (TPSA) is 97.5 Å². The molecule has 0 amide bonds. The van der Waals surface area contributed by atoms with Crippen molar-refractivity contribution in [2.45, 2.75) is 0 Å². The van der Waals surface area contributed by atoms with Gasteiger partial charge in [-0.1, -0.05) is 0 Å². The monoisotopic (exact) mass is 116 g/mol. The third-order valence-corrected chi connectivity index (χ3v) is 0.424. The quantitative estimate of drug-likeness (QED) is 0.275. The molecule has 0 aliphatic carbocycles. The van der Waals surface area contributed by atoms with Gasteiger partial charge in [-0.15, -0.1) is 0 Å². The van der Waals surface area contributed by atoms with E-state index in [2.05, 4.69) is 9.73 Å². The summed E-state index contributed by atoms with van der Waals surface area (Å²) in [6.07, 6.45) is 0. The molecular weight excluding hydrogens is 108 g/mol. The summed E-state index contributed by atoms with van der Waals surface area (Å²) in [6, 6.07) is -0.287. The number of rotatable bonds is 0. The molecule has 0 aromatic carbocycles. The first-order valence-electron chi connectivity index (χ1n) is 1.89. The number of ether oxygens (including phenoxy) is 1. The third kappa shape index (κ3) is 2.95. The molecule has 8 heavy (non-hydrogen) atoms. The van der Waals surface area contributed by atoms with E-state index < -0.39 is 0 Å². The number of guanidine groups is 1. The van der Waals surface area contributed by atoms with E-state index in [0.29, 0.717) is 0 Å². The van der Waals surface area contributed by atoms with Gasteiger partial charge in [0.15, 0.2) is 5.96 Å². The van der Waals surface area contributed by atoms with Crippen molar-refractivity contribution < 1.29 is 4.74 Å². The molecule has 5 N–H and O–H groups in total. The van der Waals surface area contributed by atoms with Gasteiger partial charge in [0.05, 0.1) is 7.11 Å². The van der Waals surface area contributed by atoms with Gasteiger partial charge in [0.2, 0.25) is 0 Å². The fourth-order valence-corrected chi connectivity index (χ4v) is 0.163. The van der Waals surface area contributed by atoms with Crippen molar-refractivity contribution in [2.24, 2.45) is 16.5 Å². The van der Waals surface area contributed by atoms with Gasteiger partial charge in [-0.25, -0.2) is 5.41 Å². The molecule has 0 unspecified atom stereocenters. The molecule has 0 spiro atoms. The summed E-state index contributed by atoms with van der Waals surface area (Å²) < 4.78 is 4.30. The zero-order valence-corrected chi connectivity index (χ0v) is 4.51. The molecule has 5 heteroatoms. The fourth-order valence-electron chi connectivity index (χ4n) is 0.163. The Labute approximate surface area is 46.8 Å². The largest absolute Gasteiger partial charge is 0.467 e. The van der Waals surface area contributed by atoms with E-state index in [1.165, 1.54) is 7.11 Å². The Morgan fingerprint density at radius 2 is 2.12 bits per heavy atom. The summed E-state index contributed by atoms with van der Waals surface area (Å²) in [5.74, 6) is -0.170. The lowest BCUT2D eigenvalue weighted by molar-refractivity contribution is 0.393. The van der Waals surface area contributed by atoms with Gasteiger partial charge in [-0.3, -0.25) is 0 Å². The number of hydrogen-bond donors (Lipinski definition) is 3. The van der Waals surface area contributed by atoms with Crippen molar-refractivity contribution in [1.29, 1.82) is 5.41 Å². The lowest BCUT2D eigenvalue weighted by Crippen LogP contribution is -2.24. The molecule has 0 heterocycles. The van der Waals surface area contributed by atoms with Gasteiger partial charge >= 0.3 is 6.02 Å². The van der Waals surface area contributed by atoms with E-state index in [0.717, 1.165) is 0 Å². The van der Waals surface area contributed by atoms with Crippen LogP contribution in [0.15, 0.2) is 4.99 Å². The van der Waals surface area contributed by atoms with Crippen LogP contribution in [0.5, 0.6) is 0 Å². The third-order valence-electron chi connectivity index (χ3n) is 0.424. The molecule has 0 saturated carbocycles. The highest BCUT2D eigenvalue weighted by molar-refractivity contribution is 5.88. The van der Waals surface area contributed by atoms with Gasteiger partial charge < -0.3 is 16.2 Å². The Balaban J connectivity index is 3.70. The number of amidine groups is 1. The van der Waals surface area contributed by atoms with Crippen LogP contribution in [-0.4, -0.2) is 19.1 Å². The molecule has 0 aromatic rings. The minimum atomic E-state index is -0.287. The van der Waals surface area contributed by atoms with E-state index in [4.69, 9.17) is 16.9 Å². The van der Waals surface area contributed by atoms with E-state index >= 15 is 0 Å². The minimum Gasteiger partial charge on any atom is -0.467 e. The van der Waals surface area contributed by atoms with Crippen LogP contribution in [0, 0.1) is 5.41 Å². The van der Waals surface area contributed by atoms with Crippen LogP contribution < -0.4 is 11.5 Å². The Bertz CT molecular complexity index is 114. The Morgan fingerprint density at radius 3 is 2.25 bits per heavy atom. The Hall–Kier alpha value is -1.26. The number of nitrogens with zero attached hydrogens (tertiary/aromatic N) is 1. The molecule has 0 bridgehead atoms. The van der Waals surface area contributed by atoms with Gasteiger partial charge in [-0.2, -0.15) is 4.99 Å². The lowest BCUT2D eigenvalue weighted by atomic mass is 11.0. The van der Waals surface area contributed by atoms with Crippen molar-refractivity contribution in [3.63, 3.8) is 0 Å². The molecule has 0 fully saturated rings. The second-order valence-corrected chi connectivity index (χ2v) is 1.05. The average Bonchev–Trinajstić information content (AvgIpc) is 1.65. The second-order valence-electron chi connectivity index (χ2n) is 1.05. The fraction of sp³-hybridized carbons (Fsp3) is 0.333. The van der Waals surface area contributed by atoms with Crippen LogP contribution in [0.1, 0.15) is 0 Å². The van der Waals surface area contributed by atoms with Crippen molar-refractivity contribution >= 4 is 12.0 Å². The highest BCUT2D eigenvalue weighted by Crippen LogP contribution is 1.71. The van der Waals surface area contributed by atoms with E-state index in [1.54, 1.807) is 0 Å². The Morgan fingerprint density at radius 1 is 1.62 bits per heavy atom. The molecule has 5 nitrogen and oxygen atoms in total. The molecule has 0 rings (SSSR count). The molecule has 46 valence electrons. The SMILES string of the molecule is COC(=N)N=C(N)N. The number of nitrogens with two attached hydrogens (primary N) is 2. The van der Waals surface area contributed by atoms with Crippen molar-refractivity contribution in [3.8, 4) is 0 Å². The predicted octanol–water partition coefficient (Wildman–Crippen LogP) is -1.16. The number of nitrogens with one attached hydrogen (secondary N) is 1. The van der Waals surface area contributed by atoms with Gasteiger partial charge in [0.25, 0.3) is 0 Å². The second kappa shape index (κ2) is 2.84. The summed E-state index contributed by atoms with van der Waals surface area (Å²) in [5, 5.41) is 6.70. The summed E-state index contributed by atoms with van der Waals surface area (Å²) in [6.45, 7) is 0. The maximum atomic E-state index is 6.70. The van der Waals surface area contributed by atoms with Crippen molar-refractivity contribution in [2.75, 3.05) is 7.11 Å². The van der Waals surface area contributed by atoms with Crippen LogP contribution in [-0.2, 0) is 4.74 Å². The first-order chi connectivity index (χ1) is 3.66. The predicted molar refractivity (Wildman–Crippen MR) is 30.5 cm³/mol. The average molecular weight is 116 g/mol. The maximum Gasteiger partial charge on any atom is 0.311 e. The van der Waals surface area contributed by atoms with Gasteiger partial charge in [-0.05, 0) is 0 Å². The molecule has 0 aromatic heterocycles. The van der Waals surface area contributed by atoms with Crippen LogP contribution in [0.4, 0.5) is 0 Å². The number of methoxy groups -OCH3 is 1. The zero-order valence-electron chi connectivity index (χ0n) is 4.51. The molecular formula is C3H8N4O. The van der Waals surface area contributed by atoms with Crippen molar-refractivity contribution in [3.05, 3.63) is 0 Å². The van der Waals surface area contributed by atoms with Crippen LogP contribution in [0.25, 0.3) is 0 Å².